The van der Waals surface area contributed by atoms with Crippen molar-refractivity contribution >= 4 is 0 Å². The van der Waals surface area contributed by atoms with E-state index in [0.717, 1.165) is 24.5 Å². The van der Waals surface area contributed by atoms with E-state index in [1.54, 1.807) is 12.7 Å². The molecule has 1 aromatic rings. The highest BCUT2D eigenvalue weighted by atomic mass is 16.5. The Labute approximate surface area is 133 Å². The van der Waals surface area contributed by atoms with Gasteiger partial charge in [-0.05, 0) is 91.9 Å². The standard InChI is InChI=1S/C20H28O2/c1-19-9-8-16-15-7-5-14(22-3)10-13(15)4-6-17(16)18(19)11-20(2,21)12-19/h5,7,10,16-18,21H,4,6,8-9,11-12H2,1-3H3/t16-,17-,18+,19-,20+/m1/s1. The molecular formula is C20H28O2. The van der Waals surface area contributed by atoms with E-state index >= 15 is 0 Å². The lowest BCUT2D eigenvalue weighted by Crippen LogP contribution is -2.39. The van der Waals surface area contributed by atoms with E-state index in [-0.39, 0.29) is 0 Å². The Morgan fingerprint density at radius 2 is 2.05 bits per heavy atom. The number of fused-ring (bicyclic) bond motifs is 5. The summed E-state index contributed by atoms with van der Waals surface area (Å²) in [6.45, 7) is 4.48. The van der Waals surface area contributed by atoms with Crippen molar-refractivity contribution in [1.82, 2.24) is 0 Å². The molecule has 4 rings (SSSR count). The second-order valence-corrected chi connectivity index (χ2v) is 8.55. The van der Waals surface area contributed by atoms with Crippen LogP contribution in [0.15, 0.2) is 18.2 Å². The first-order valence-corrected chi connectivity index (χ1v) is 8.81. The Morgan fingerprint density at radius 3 is 2.82 bits per heavy atom. The molecule has 0 aliphatic heterocycles. The maximum Gasteiger partial charge on any atom is 0.119 e. The van der Waals surface area contributed by atoms with Crippen LogP contribution in [-0.4, -0.2) is 17.8 Å². The van der Waals surface area contributed by atoms with Gasteiger partial charge in [0.2, 0.25) is 0 Å². The number of hydrogen-bond donors (Lipinski definition) is 1. The molecule has 0 heterocycles. The summed E-state index contributed by atoms with van der Waals surface area (Å²) in [6.07, 6.45) is 6.98. The minimum Gasteiger partial charge on any atom is -0.497 e. The third-order valence-corrected chi connectivity index (χ3v) is 6.90. The second kappa shape index (κ2) is 4.74. The monoisotopic (exact) mass is 300 g/mol. The Bertz CT molecular complexity index is 591. The van der Waals surface area contributed by atoms with E-state index in [9.17, 15) is 5.11 Å². The quantitative estimate of drug-likeness (QED) is 0.838. The van der Waals surface area contributed by atoms with Crippen LogP contribution in [0.3, 0.4) is 0 Å². The molecule has 0 bridgehead atoms. The highest BCUT2D eigenvalue weighted by molar-refractivity contribution is 5.40. The maximum atomic E-state index is 10.6. The van der Waals surface area contributed by atoms with Crippen molar-refractivity contribution in [3.8, 4) is 5.75 Å². The minimum absolute atomic E-state index is 0.356. The molecular weight excluding hydrogens is 272 g/mol. The van der Waals surface area contributed by atoms with Crippen LogP contribution in [0.4, 0.5) is 0 Å². The first-order chi connectivity index (χ1) is 10.4. The zero-order valence-electron chi connectivity index (χ0n) is 14.1. The van der Waals surface area contributed by atoms with Gasteiger partial charge in [0.05, 0.1) is 12.7 Å². The summed E-state index contributed by atoms with van der Waals surface area (Å²) in [4.78, 5) is 0. The van der Waals surface area contributed by atoms with Crippen LogP contribution in [0.25, 0.3) is 0 Å². The van der Waals surface area contributed by atoms with Crippen LogP contribution >= 0.6 is 0 Å². The Balaban J connectivity index is 1.68. The fourth-order valence-electron chi connectivity index (χ4n) is 6.11. The fraction of sp³-hybridized carbons (Fsp3) is 0.700. The molecule has 0 unspecified atom stereocenters. The molecule has 2 nitrogen and oxygen atoms in total. The van der Waals surface area contributed by atoms with Gasteiger partial charge < -0.3 is 9.84 Å². The van der Waals surface area contributed by atoms with E-state index in [1.165, 1.54) is 31.2 Å². The topological polar surface area (TPSA) is 29.5 Å². The van der Waals surface area contributed by atoms with Crippen molar-refractivity contribution < 1.29 is 9.84 Å². The third-order valence-electron chi connectivity index (χ3n) is 6.90. The van der Waals surface area contributed by atoms with Gasteiger partial charge >= 0.3 is 0 Å². The number of benzene rings is 1. The molecule has 0 saturated heterocycles. The van der Waals surface area contributed by atoms with E-state index in [1.807, 2.05) is 6.92 Å². The van der Waals surface area contributed by atoms with Crippen LogP contribution in [0.1, 0.15) is 63.0 Å². The zero-order valence-corrected chi connectivity index (χ0v) is 14.1. The van der Waals surface area contributed by atoms with Gasteiger partial charge in [-0.1, -0.05) is 13.0 Å². The molecule has 3 aliphatic carbocycles. The zero-order chi connectivity index (χ0) is 15.5. The minimum atomic E-state index is -0.450. The molecule has 2 heteroatoms. The van der Waals surface area contributed by atoms with Gasteiger partial charge in [0.1, 0.15) is 5.75 Å². The molecule has 3 aliphatic rings. The largest absolute Gasteiger partial charge is 0.497 e. The smallest absolute Gasteiger partial charge is 0.119 e. The molecule has 1 aromatic carbocycles. The maximum absolute atomic E-state index is 10.6. The van der Waals surface area contributed by atoms with Crippen molar-refractivity contribution in [1.29, 1.82) is 0 Å². The molecule has 1 N–H and O–H groups in total. The summed E-state index contributed by atoms with van der Waals surface area (Å²) in [7, 11) is 1.75. The van der Waals surface area contributed by atoms with Crippen LogP contribution in [-0.2, 0) is 6.42 Å². The molecule has 0 aromatic heterocycles. The average Bonchev–Trinajstić information content (AvgIpc) is 2.74. The Hall–Kier alpha value is -1.02. The summed E-state index contributed by atoms with van der Waals surface area (Å²) in [5, 5.41) is 10.6. The normalized spacial score (nSPS) is 43.2. The summed E-state index contributed by atoms with van der Waals surface area (Å²) in [5.74, 6) is 3.13. The number of ether oxygens (including phenoxy) is 1. The van der Waals surface area contributed by atoms with E-state index in [0.29, 0.717) is 17.3 Å². The predicted octanol–water partition coefficient (Wildman–Crippen LogP) is 4.30. The first-order valence-electron chi connectivity index (χ1n) is 8.81. The number of rotatable bonds is 1. The van der Waals surface area contributed by atoms with Crippen LogP contribution in [0, 0.1) is 17.3 Å². The summed E-state index contributed by atoms with van der Waals surface area (Å²) in [5.41, 5.74) is 2.96. The van der Waals surface area contributed by atoms with Crippen LogP contribution in [0.2, 0.25) is 0 Å². The van der Waals surface area contributed by atoms with Crippen molar-refractivity contribution in [2.75, 3.05) is 7.11 Å². The van der Waals surface area contributed by atoms with Gasteiger partial charge in [0, 0.05) is 0 Å². The van der Waals surface area contributed by atoms with E-state index in [4.69, 9.17) is 4.74 Å². The average molecular weight is 300 g/mol. The fourth-order valence-corrected chi connectivity index (χ4v) is 6.11. The van der Waals surface area contributed by atoms with Crippen LogP contribution in [0.5, 0.6) is 5.75 Å². The molecule has 5 atom stereocenters. The second-order valence-electron chi connectivity index (χ2n) is 8.55. The summed E-state index contributed by atoms with van der Waals surface area (Å²) in [6, 6.07) is 6.67. The molecule has 0 radical (unpaired) electrons. The highest BCUT2D eigenvalue weighted by Crippen LogP contribution is 2.63. The van der Waals surface area contributed by atoms with Crippen molar-refractivity contribution in [3.63, 3.8) is 0 Å². The van der Waals surface area contributed by atoms with Gasteiger partial charge in [-0.25, -0.2) is 0 Å². The number of aryl methyl sites for hydroxylation is 1. The molecule has 0 spiro atoms. The molecule has 120 valence electrons. The number of methoxy groups -OCH3 is 1. The number of aliphatic hydroxyl groups is 1. The van der Waals surface area contributed by atoms with Gasteiger partial charge in [-0.2, -0.15) is 0 Å². The van der Waals surface area contributed by atoms with Crippen molar-refractivity contribution in [3.05, 3.63) is 29.3 Å². The predicted molar refractivity (Wildman–Crippen MR) is 88.2 cm³/mol. The SMILES string of the molecule is COc1ccc2c(c1)CC[C@@H]1[C@@H]2CC[C@]2(C)C[C@@](C)(O)C[C@@H]12. The van der Waals surface area contributed by atoms with Crippen molar-refractivity contribution in [2.24, 2.45) is 17.3 Å². The molecule has 2 fully saturated rings. The number of hydrogen-bond acceptors (Lipinski definition) is 2. The Morgan fingerprint density at radius 1 is 1.23 bits per heavy atom. The lowest BCUT2D eigenvalue weighted by atomic mass is 9.56. The molecule has 2 saturated carbocycles. The van der Waals surface area contributed by atoms with E-state index in [2.05, 4.69) is 25.1 Å². The highest BCUT2D eigenvalue weighted by Gasteiger charge is 2.56. The van der Waals surface area contributed by atoms with Gasteiger partial charge in [0.15, 0.2) is 0 Å². The van der Waals surface area contributed by atoms with Gasteiger partial charge in [-0.3, -0.25) is 0 Å². The summed E-state index contributed by atoms with van der Waals surface area (Å²) >= 11 is 0. The first kappa shape index (κ1) is 14.6. The van der Waals surface area contributed by atoms with Crippen LogP contribution < -0.4 is 4.74 Å². The Kier molecular flexibility index (Phi) is 3.14. The molecule has 0 amide bonds. The van der Waals surface area contributed by atoms with Crippen molar-refractivity contribution in [2.45, 2.75) is 63.9 Å². The van der Waals surface area contributed by atoms with Gasteiger partial charge in [-0.15, -0.1) is 0 Å². The lowest BCUT2D eigenvalue weighted by Gasteiger charge is -2.49. The third kappa shape index (κ3) is 2.11. The molecule has 22 heavy (non-hydrogen) atoms. The summed E-state index contributed by atoms with van der Waals surface area (Å²) < 4.78 is 5.40. The van der Waals surface area contributed by atoms with E-state index < -0.39 is 5.60 Å². The van der Waals surface area contributed by atoms with Gasteiger partial charge in [0.25, 0.3) is 0 Å². The lowest BCUT2D eigenvalue weighted by molar-refractivity contribution is 0.0511.